The SMILES string of the molecule is Cn1cc(-c2cc3c(cc2OCC2CCC2)ncn3Cc2ccccc2)c2cc[nH]c2c1=O.Cn1cc(-c2cc3ncn(Cc4ccccc4)c3cc2OCC2CCC2)c2cc[nH]c2c1=O. The molecule has 10 aromatic rings. The van der Waals surface area contributed by atoms with Crippen molar-refractivity contribution in [3.63, 3.8) is 0 Å². The van der Waals surface area contributed by atoms with E-state index in [1.807, 2.05) is 61.7 Å². The van der Waals surface area contributed by atoms with Crippen LogP contribution in [0.2, 0.25) is 0 Å². The van der Waals surface area contributed by atoms with E-state index >= 15 is 0 Å². The third-order valence-corrected chi connectivity index (χ3v) is 13.6. The number of pyridine rings is 2. The van der Waals surface area contributed by atoms with E-state index in [1.54, 1.807) is 23.2 Å². The van der Waals surface area contributed by atoms with Gasteiger partial charge in [0.1, 0.15) is 22.5 Å². The molecule has 6 aromatic heterocycles. The highest BCUT2D eigenvalue weighted by atomic mass is 16.5. The standard InChI is InChI=1S/2C27H26N4O2/c1-30-15-22(20-10-11-28-26(20)27(30)32)21-12-24-23(13-25(21)33-16-19-8-5-9-19)29-17-31(24)14-18-6-3-2-4-7-18;1-30-15-22(20-10-11-28-26(20)27(30)32)21-12-23-24(13-25(21)33-16-19-8-5-9-19)31(17-29-23)14-18-6-3-2-4-7-18/h2*2-4,6-7,10-13,15,17,19,28H,5,8-9,14,16H2,1H3. The molecule has 0 amide bonds. The Kier molecular flexibility index (Phi) is 10.9. The fourth-order valence-corrected chi connectivity index (χ4v) is 9.34. The molecule has 6 heterocycles. The number of aryl methyl sites for hydroxylation is 2. The predicted molar refractivity (Wildman–Crippen MR) is 261 cm³/mol. The number of ether oxygens (including phenoxy) is 2. The van der Waals surface area contributed by atoms with Crippen LogP contribution < -0.4 is 20.6 Å². The Hall–Kier alpha value is -7.60. The molecule has 0 saturated heterocycles. The van der Waals surface area contributed by atoms with E-state index in [2.05, 4.69) is 96.9 Å². The molecule has 0 aliphatic heterocycles. The highest BCUT2D eigenvalue weighted by Gasteiger charge is 2.23. The van der Waals surface area contributed by atoms with E-state index in [0.717, 1.165) is 79.7 Å². The van der Waals surface area contributed by atoms with Gasteiger partial charge in [0, 0.05) is 97.1 Å². The summed E-state index contributed by atoms with van der Waals surface area (Å²) >= 11 is 0. The van der Waals surface area contributed by atoms with Crippen LogP contribution in [0.15, 0.2) is 144 Å². The summed E-state index contributed by atoms with van der Waals surface area (Å²) < 4.78 is 20.4. The number of aromatic nitrogens is 8. The van der Waals surface area contributed by atoms with Crippen molar-refractivity contribution in [1.29, 1.82) is 0 Å². The molecular formula is C54H52N8O4. The van der Waals surface area contributed by atoms with Gasteiger partial charge in [0.15, 0.2) is 0 Å². The zero-order valence-electron chi connectivity index (χ0n) is 37.2. The number of hydrogen-bond donors (Lipinski definition) is 2. The van der Waals surface area contributed by atoms with Crippen molar-refractivity contribution in [3.05, 3.63) is 166 Å². The maximum absolute atomic E-state index is 12.6. The first kappa shape index (κ1) is 41.1. The number of rotatable bonds is 12. The molecule has 2 fully saturated rings. The topological polar surface area (TPSA) is 130 Å². The van der Waals surface area contributed by atoms with Crippen LogP contribution in [0.4, 0.5) is 0 Å². The van der Waals surface area contributed by atoms with Crippen LogP contribution in [0, 0.1) is 11.8 Å². The lowest BCUT2D eigenvalue weighted by Gasteiger charge is -2.26. The first-order valence-electron chi connectivity index (χ1n) is 23.0. The summed E-state index contributed by atoms with van der Waals surface area (Å²) in [5.74, 6) is 2.90. The van der Waals surface area contributed by atoms with Gasteiger partial charge >= 0.3 is 0 Å². The minimum Gasteiger partial charge on any atom is -0.493 e. The van der Waals surface area contributed by atoms with E-state index < -0.39 is 0 Å². The van der Waals surface area contributed by atoms with E-state index in [9.17, 15) is 9.59 Å². The van der Waals surface area contributed by atoms with Gasteiger partial charge in [0.25, 0.3) is 11.1 Å². The smallest absolute Gasteiger partial charge is 0.274 e. The third-order valence-electron chi connectivity index (χ3n) is 13.6. The first-order valence-corrected chi connectivity index (χ1v) is 23.0. The maximum Gasteiger partial charge on any atom is 0.274 e. The highest BCUT2D eigenvalue weighted by Crippen LogP contribution is 2.40. The minimum absolute atomic E-state index is 0.0362. The number of benzene rings is 4. The maximum atomic E-state index is 12.6. The van der Waals surface area contributed by atoms with Crippen molar-refractivity contribution in [1.82, 2.24) is 38.2 Å². The largest absolute Gasteiger partial charge is 0.493 e. The molecular weight excluding hydrogens is 825 g/mol. The lowest BCUT2D eigenvalue weighted by Crippen LogP contribution is -2.19. The molecule has 0 bridgehead atoms. The molecule has 2 aliphatic rings. The molecule has 12 heteroatoms. The van der Waals surface area contributed by atoms with Crippen molar-refractivity contribution >= 4 is 43.9 Å². The number of hydrogen-bond acceptors (Lipinski definition) is 6. The van der Waals surface area contributed by atoms with Crippen molar-refractivity contribution < 1.29 is 9.47 Å². The highest BCUT2D eigenvalue weighted by molar-refractivity contribution is 6.00. The molecule has 332 valence electrons. The van der Waals surface area contributed by atoms with Gasteiger partial charge in [0.2, 0.25) is 0 Å². The van der Waals surface area contributed by atoms with Gasteiger partial charge in [-0.1, -0.05) is 73.5 Å². The molecule has 4 aromatic carbocycles. The van der Waals surface area contributed by atoms with Crippen LogP contribution in [0.25, 0.3) is 66.1 Å². The van der Waals surface area contributed by atoms with Gasteiger partial charge in [-0.25, -0.2) is 9.97 Å². The minimum atomic E-state index is -0.0381. The van der Waals surface area contributed by atoms with E-state index in [0.29, 0.717) is 36.1 Å². The summed E-state index contributed by atoms with van der Waals surface area (Å²) in [7, 11) is 3.58. The second kappa shape index (κ2) is 17.4. The number of nitrogens with one attached hydrogen (secondary N) is 2. The van der Waals surface area contributed by atoms with Crippen LogP contribution in [0.5, 0.6) is 11.5 Å². The predicted octanol–water partition coefficient (Wildman–Crippen LogP) is 10.2. The van der Waals surface area contributed by atoms with Crippen LogP contribution in [-0.4, -0.2) is 51.4 Å². The molecule has 2 saturated carbocycles. The number of nitrogens with zero attached hydrogens (tertiary/aromatic N) is 6. The quantitative estimate of drug-likeness (QED) is 0.126. The average Bonchev–Trinajstić information content (AvgIpc) is 4.14. The summed E-state index contributed by atoms with van der Waals surface area (Å²) in [6.45, 7) is 2.92. The van der Waals surface area contributed by atoms with Gasteiger partial charge in [0.05, 0.1) is 47.9 Å². The van der Waals surface area contributed by atoms with Crippen molar-refractivity contribution in [2.45, 2.75) is 51.6 Å². The van der Waals surface area contributed by atoms with Crippen LogP contribution >= 0.6 is 0 Å². The van der Waals surface area contributed by atoms with E-state index in [1.165, 1.54) is 49.7 Å². The Labute approximate surface area is 381 Å². The van der Waals surface area contributed by atoms with Crippen LogP contribution in [0.3, 0.4) is 0 Å². The summed E-state index contributed by atoms with van der Waals surface area (Å²) in [5, 5.41) is 1.80. The lowest BCUT2D eigenvalue weighted by atomic mass is 9.86. The van der Waals surface area contributed by atoms with Crippen LogP contribution in [-0.2, 0) is 27.2 Å². The molecule has 2 aliphatic carbocycles. The average molecular weight is 877 g/mol. The molecule has 12 rings (SSSR count). The van der Waals surface area contributed by atoms with Gasteiger partial charge in [-0.3, -0.25) is 9.59 Å². The van der Waals surface area contributed by atoms with Gasteiger partial charge in [-0.05, 0) is 72.9 Å². The number of aromatic amines is 2. The van der Waals surface area contributed by atoms with Crippen molar-refractivity contribution in [2.75, 3.05) is 13.2 Å². The lowest BCUT2D eigenvalue weighted by molar-refractivity contribution is 0.181. The number of fused-ring (bicyclic) bond motifs is 4. The van der Waals surface area contributed by atoms with Gasteiger partial charge in [-0.15, -0.1) is 0 Å². The number of H-pyrrole nitrogens is 2. The monoisotopic (exact) mass is 876 g/mol. The van der Waals surface area contributed by atoms with E-state index in [4.69, 9.17) is 14.5 Å². The Bertz CT molecular complexity index is 3480. The summed E-state index contributed by atoms with van der Waals surface area (Å²) in [6, 6.07) is 33.1. The third kappa shape index (κ3) is 7.86. The number of imidazole rings is 2. The summed E-state index contributed by atoms with van der Waals surface area (Å²) in [6.07, 6.45) is 18.7. The van der Waals surface area contributed by atoms with Crippen LogP contribution in [0.1, 0.15) is 49.7 Å². The fourth-order valence-electron chi connectivity index (χ4n) is 9.34. The Morgan fingerprint density at radius 3 is 1.50 bits per heavy atom. The zero-order valence-corrected chi connectivity index (χ0v) is 37.2. The molecule has 0 unspecified atom stereocenters. The van der Waals surface area contributed by atoms with Gasteiger partial charge in [-0.2, -0.15) is 0 Å². The molecule has 2 N–H and O–H groups in total. The second-order valence-electron chi connectivity index (χ2n) is 18.1. The molecule has 0 radical (unpaired) electrons. The Morgan fingerprint density at radius 2 is 1.02 bits per heavy atom. The summed E-state index contributed by atoms with van der Waals surface area (Å²) in [4.78, 5) is 40.8. The fraction of sp³-hybridized carbons (Fsp3) is 0.259. The van der Waals surface area contributed by atoms with Crippen molar-refractivity contribution in [2.24, 2.45) is 25.9 Å². The molecule has 0 spiro atoms. The molecule has 66 heavy (non-hydrogen) atoms. The Morgan fingerprint density at radius 1 is 0.561 bits per heavy atom. The zero-order chi connectivity index (χ0) is 44.7. The Balaban J connectivity index is 0.000000146. The first-order chi connectivity index (χ1) is 32.3. The normalized spacial score (nSPS) is 14.1. The van der Waals surface area contributed by atoms with E-state index in [-0.39, 0.29) is 11.1 Å². The van der Waals surface area contributed by atoms with Gasteiger partial charge < -0.3 is 37.7 Å². The molecule has 12 nitrogen and oxygen atoms in total. The summed E-state index contributed by atoms with van der Waals surface area (Å²) in [5.41, 5.74) is 11.4. The second-order valence-corrected chi connectivity index (χ2v) is 18.1. The van der Waals surface area contributed by atoms with Crippen molar-refractivity contribution in [3.8, 4) is 33.8 Å². The molecule has 0 atom stereocenters.